The molecule has 0 aliphatic heterocycles. The van der Waals surface area contributed by atoms with Crippen LogP contribution in [0.25, 0.3) is 11.1 Å². The number of benzene rings is 3. The van der Waals surface area contributed by atoms with Gasteiger partial charge in [0.15, 0.2) is 6.61 Å². The Morgan fingerprint density at radius 1 is 0.778 bits per heavy atom. The van der Waals surface area contributed by atoms with E-state index in [1.54, 1.807) is 0 Å². The van der Waals surface area contributed by atoms with Crippen LogP contribution in [0, 0.1) is 0 Å². The average Bonchev–Trinajstić information content (AvgIpc) is 2.72. The van der Waals surface area contributed by atoms with Crippen molar-refractivity contribution in [2.24, 2.45) is 0 Å². The van der Waals surface area contributed by atoms with Crippen molar-refractivity contribution >= 4 is 17.1 Å². The van der Waals surface area contributed by atoms with Crippen molar-refractivity contribution in [3.8, 4) is 5.75 Å². The van der Waals surface area contributed by atoms with Crippen LogP contribution in [0.5, 0.6) is 5.75 Å². The topological polar surface area (TPSA) is 46.5 Å². The molecule has 0 aliphatic carbocycles. The predicted octanol–water partition coefficient (Wildman–Crippen LogP) is 5.52. The smallest absolute Gasteiger partial charge is 0.341 e. The molecule has 0 aliphatic rings. The molecule has 0 fully saturated rings. The molecule has 1 N–H and O–H groups in total. The van der Waals surface area contributed by atoms with Gasteiger partial charge < -0.3 is 9.84 Å². The van der Waals surface area contributed by atoms with Crippen LogP contribution in [0.4, 0.5) is 0 Å². The van der Waals surface area contributed by atoms with Crippen molar-refractivity contribution < 1.29 is 14.6 Å². The standard InChI is InChI=1S/C24H22O3/c1-2-22(18-9-5-3-6-10-18)24(19-11-7-4-8-12-19)20-13-15-21(16-14-20)27-17-23(25)26/h3-16H,2,17H2,1H3,(H,25,26)/b24-22+. The van der Waals surface area contributed by atoms with Crippen LogP contribution >= 0.6 is 0 Å². The Balaban J connectivity index is 2.08. The monoisotopic (exact) mass is 358 g/mol. The van der Waals surface area contributed by atoms with Crippen LogP contribution in [0.15, 0.2) is 84.9 Å². The molecular weight excluding hydrogens is 336 g/mol. The van der Waals surface area contributed by atoms with Crippen LogP contribution in [0.2, 0.25) is 0 Å². The first-order valence-corrected chi connectivity index (χ1v) is 8.98. The number of allylic oxidation sites excluding steroid dienone is 1. The Morgan fingerprint density at radius 2 is 1.30 bits per heavy atom. The molecule has 3 rings (SSSR count). The second kappa shape index (κ2) is 8.86. The largest absolute Gasteiger partial charge is 0.482 e. The van der Waals surface area contributed by atoms with Gasteiger partial charge in [-0.2, -0.15) is 0 Å². The van der Waals surface area contributed by atoms with Gasteiger partial charge in [0.05, 0.1) is 0 Å². The minimum Gasteiger partial charge on any atom is -0.482 e. The van der Waals surface area contributed by atoms with Crippen LogP contribution < -0.4 is 4.74 Å². The maximum absolute atomic E-state index is 10.7. The van der Waals surface area contributed by atoms with E-state index in [4.69, 9.17) is 9.84 Å². The van der Waals surface area contributed by atoms with Crippen molar-refractivity contribution in [2.75, 3.05) is 6.61 Å². The number of aliphatic carboxylic acids is 1. The number of carboxylic acid groups (broad SMARTS) is 1. The van der Waals surface area contributed by atoms with E-state index in [1.165, 1.54) is 16.7 Å². The molecule has 3 aromatic carbocycles. The Morgan fingerprint density at radius 3 is 1.81 bits per heavy atom. The van der Waals surface area contributed by atoms with Crippen molar-refractivity contribution in [1.82, 2.24) is 0 Å². The molecular formula is C24H22O3. The van der Waals surface area contributed by atoms with Crippen molar-refractivity contribution in [2.45, 2.75) is 13.3 Å². The van der Waals surface area contributed by atoms with Crippen molar-refractivity contribution in [1.29, 1.82) is 0 Å². The number of rotatable bonds is 7. The van der Waals surface area contributed by atoms with E-state index in [0.717, 1.165) is 17.5 Å². The molecule has 0 saturated heterocycles. The lowest BCUT2D eigenvalue weighted by Gasteiger charge is -2.16. The number of hydrogen-bond acceptors (Lipinski definition) is 2. The zero-order chi connectivity index (χ0) is 19.1. The zero-order valence-electron chi connectivity index (χ0n) is 15.3. The summed E-state index contributed by atoms with van der Waals surface area (Å²) in [6.45, 7) is 1.82. The van der Waals surface area contributed by atoms with Gasteiger partial charge in [-0.25, -0.2) is 4.79 Å². The highest BCUT2D eigenvalue weighted by molar-refractivity contribution is 5.98. The van der Waals surface area contributed by atoms with E-state index in [9.17, 15) is 4.79 Å². The lowest BCUT2D eigenvalue weighted by molar-refractivity contribution is -0.139. The maximum atomic E-state index is 10.7. The van der Waals surface area contributed by atoms with E-state index < -0.39 is 5.97 Å². The predicted molar refractivity (Wildman–Crippen MR) is 109 cm³/mol. The molecule has 3 heteroatoms. The van der Waals surface area contributed by atoms with E-state index in [1.807, 2.05) is 48.5 Å². The minimum atomic E-state index is -0.985. The van der Waals surface area contributed by atoms with Gasteiger partial charge >= 0.3 is 5.97 Å². The second-order valence-corrected chi connectivity index (χ2v) is 6.15. The van der Waals surface area contributed by atoms with E-state index >= 15 is 0 Å². The van der Waals surface area contributed by atoms with Gasteiger partial charge in [-0.1, -0.05) is 79.7 Å². The summed E-state index contributed by atoms with van der Waals surface area (Å²) in [5, 5.41) is 8.76. The third kappa shape index (κ3) is 4.64. The maximum Gasteiger partial charge on any atom is 0.341 e. The molecule has 0 spiro atoms. The third-order valence-corrected chi connectivity index (χ3v) is 4.35. The minimum absolute atomic E-state index is 0.342. The Kier molecular flexibility index (Phi) is 6.06. The SMILES string of the molecule is CC/C(=C(/c1ccccc1)c1ccc(OCC(=O)O)cc1)c1ccccc1. The summed E-state index contributed by atoms with van der Waals surface area (Å²) in [6, 6.07) is 28.3. The lowest BCUT2D eigenvalue weighted by Crippen LogP contribution is -2.09. The van der Waals surface area contributed by atoms with Gasteiger partial charge in [0.1, 0.15) is 5.75 Å². The quantitative estimate of drug-likeness (QED) is 0.566. The van der Waals surface area contributed by atoms with Crippen LogP contribution in [-0.2, 0) is 4.79 Å². The van der Waals surface area contributed by atoms with Gasteiger partial charge in [0.25, 0.3) is 0 Å². The Labute approximate surface area is 159 Å². The van der Waals surface area contributed by atoms with Crippen molar-refractivity contribution in [3.63, 3.8) is 0 Å². The normalized spacial score (nSPS) is 11.6. The molecule has 0 heterocycles. The number of hydrogen-bond donors (Lipinski definition) is 1. The summed E-state index contributed by atoms with van der Waals surface area (Å²) >= 11 is 0. The van der Waals surface area contributed by atoms with Gasteiger partial charge in [-0.15, -0.1) is 0 Å². The Bertz CT molecular complexity index is 911. The molecule has 0 saturated carbocycles. The van der Waals surface area contributed by atoms with Crippen LogP contribution in [-0.4, -0.2) is 17.7 Å². The summed E-state index contributed by atoms with van der Waals surface area (Å²) in [4.78, 5) is 10.7. The van der Waals surface area contributed by atoms with E-state index in [-0.39, 0.29) is 6.61 Å². The first kappa shape index (κ1) is 18.5. The van der Waals surface area contributed by atoms with Gasteiger partial charge in [0.2, 0.25) is 0 Å². The molecule has 27 heavy (non-hydrogen) atoms. The first-order valence-electron chi connectivity index (χ1n) is 8.98. The highest BCUT2D eigenvalue weighted by atomic mass is 16.5. The molecule has 0 bridgehead atoms. The molecule has 0 unspecified atom stereocenters. The van der Waals surface area contributed by atoms with Gasteiger partial charge in [-0.05, 0) is 46.4 Å². The Hall–Kier alpha value is -3.33. The highest BCUT2D eigenvalue weighted by Crippen LogP contribution is 2.34. The summed E-state index contributed by atoms with van der Waals surface area (Å²) in [7, 11) is 0. The summed E-state index contributed by atoms with van der Waals surface area (Å²) in [6.07, 6.45) is 0.894. The van der Waals surface area contributed by atoms with Crippen LogP contribution in [0.1, 0.15) is 30.0 Å². The summed E-state index contributed by atoms with van der Waals surface area (Å²) < 4.78 is 5.26. The lowest BCUT2D eigenvalue weighted by atomic mass is 9.88. The molecule has 136 valence electrons. The summed E-state index contributed by atoms with van der Waals surface area (Å²) in [5.41, 5.74) is 5.86. The third-order valence-electron chi connectivity index (χ3n) is 4.35. The highest BCUT2D eigenvalue weighted by Gasteiger charge is 2.13. The van der Waals surface area contributed by atoms with Gasteiger partial charge in [-0.3, -0.25) is 0 Å². The number of ether oxygens (including phenoxy) is 1. The van der Waals surface area contributed by atoms with E-state index in [2.05, 4.69) is 43.3 Å². The molecule has 0 aromatic heterocycles. The molecule has 3 aromatic rings. The summed E-state index contributed by atoms with van der Waals surface area (Å²) in [5.74, 6) is -0.437. The average molecular weight is 358 g/mol. The molecule has 3 nitrogen and oxygen atoms in total. The fraction of sp³-hybridized carbons (Fsp3) is 0.125. The zero-order valence-corrected chi connectivity index (χ0v) is 15.3. The molecule has 0 radical (unpaired) electrons. The molecule has 0 amide bonds. The fourth-order valence-corrected chi connectivity index (χ4v) is 3.15. The van der Waals surface area contributed by atoms with Gasteiger partial charge in [0, 0.05) is 0 Å². The number of carbonyl (C=O) groups is 1. The first-order chi connectivity index (χ1) is 13.2. The molecule has 0 atom stereocenters. The fourth-order valence-electron chi connectivity index (χ4n) is 3.15. The second-order valence-electron chi connectivity index (χ2n) is 6.15. The van der Waals surface area contributed by atoms with Crippen molar-refractivity contribution in [3.05, 3.63) is 102 Å². The van der Waals surface area contributed by atoms with Crippen LogP contribution in [0.3, 0.4) is 0 Å². The number of carboxylic acids is 1. The van der Waals surface area contributed by atoms with E-state index in [0.29, 0.717) is 5.75 Å².